The lowest BCUT2D eigenvalue weighted by molar-refractivity contribution is -0.123. The van der Waals surface area contributed by atoms with Gasteiger partial charge in [0.25, 0.3) is 11.8 Å². The number of para-hydroxylation sites is 1. The number of phenolic OH excluding ortho intramolecular Hbond substituents is 1. The Bertz CT molecular complexity index is 926. The minimum Gasteiger partial charge on any atom is -0.507 e. The molecule has 27 heavy (non-hydrogen) atoms. The van der Waals surface area contributed by atoms with Gasteiger partial charge >= 0.3 is 0 Å². The largest absolute Gasteiger partial charge is 0.507 e. The van der Waals surface area contributed by atoms with Crippen LogP contribution in [0, 0.1) is 0 Å². The van der Waals surface area contributed by atoms with E-state index >= 15 is 0 Å². The van der Waals surface area contributed by atoms with Crippen LogP contribution in [0.5, 0.6) is 11.5 Å². The molecule has 1 aliphatic rings. The molecule has 1 aliphatic heterocycles. The van der Waals surface area contributed by atoms with Gasteiger partial charge < -0.3 is 9.84 Å². The summed E-state index contributed by atoms with van der Waals surface area (Å²) in [4.78, 5) is 25.3. The van der Waals surface area contributed by atoms with Crippen molar-refractivity contribution in [3.63, 3.8) is 0 Å². The van der Waals surface area contributed by atoms with Crippen LogP contribution in [0.25, 0.3) is 6.08 Å². The zero-order valence-corrected chi connectivity index (χ0v) is 16.0. The van der Waals surface area contributed by atoms with E-state index in [1.165, 1.54) is 12.1 Å². The quantitative estimate of drug-likeness (QED) is 0.592. The fourth-order valence-electron chi connectivity index (χ4n) is 2.37. The number of nitrogens with zero attached hydrogens (tertiary/aromatic N) is 1. The summed E-state index contributed by atoms with van der Waals surface area (Å²) in [5, 5.41) is 10.8. The Balaban J connectivity index is 1.74. The van der Waals surface area contributed by atoms with Crippen molar-refractivity contribution in [3.05, 3.63) is 64.6 Å². The zero-order valence-electron chi connectivity index (χ0n) is 14.3. The molecule has 1 fully saturated rings. The molecule has 1 saturated heterocycles. The summed E-state index contributed by atoms with van der Waals surface area (Å²) in [5.41, 5.74) is 3.31. The van der Waals surface area contributed by atoms with Gasteiger partial charge in [-0.1, -0.05) is 36.0 Å². The Morgan fingerprint density at radius 2 is 1.96 bits per heavy atom. The third-order valence-corrected chi connectivity index (χ3v) is 4.95. The number of amides is 2. The highest BCUT2D eigenvalue weighted by atomic mass is 32.2. The molecular formula is C19H16N2O4S2. The van der Waals surface area contributed by atoms with Crippen LogP contribution in [0.3, 0.4) is 0 Å². The Kier molecular flexibility index (Phi) is 5.78. The first kappa shape index (κ1) is 18.9. The van der Waals surface area contributed by atoms with Crippen molar-refractivity contribution in [1.82, 2.24) is 10.4 Å². The van der Waals surface area contributed by atoms with Crippen LogP contribution in [0.2, 0.25) is 0 Å². The first-order chi connectivity index (χ1) is 13.0. The predicted molar refractivity (Wildman–Crippen MR) is 108 cm³/mol. The van der Waals surface area contributed by atoms with Gasteiger partial charge in [0, 0.05) is 0 Å². The van der Waals surface area contributed by atoms with Crippen LogP contribution >= 0.6 is 24.0 Å². The van der Waals surface area contributed by atoms with E-state index in [0.717, 1.165) is 28.1 Å². The van der Waals surface area contributed by atoms with Crippen LogP contribution in [-0.4, -0.2) is 32.9 Å². The average molecular weight is 400 g/mol. The highest BCUT2D eigenvalue weighted by Gasteiger charge is 2.34. The van der Waals surface area contributed by atoms with E-state index < -0.39 is 11.8 Å². The molecule has 2 aromatic rings. The number of carbonyl (C=O) groups excluding carboxylic acids is 2. The summed E-state index contributed by atoms with van der Waals surface area (Å²) in [6.45, 7) is 2.48. The maximum Gasteiger partial charge on any atom is 0.285 e. The van der Waals surface area contributed by atoms with Crippen molar-refractivity contribution in [2.75, 3.05) is 6.61 Å². The molecule has 0 bridgehead atoms. The van der Waals surface area contributed by atoms with Gasteiger partial charge in [0.1, 0.15) is 11.5 Å². The van der Waals surface area contributed by atoms with Crippen molar-refractivity contribution in [3.8, 4) is 11.5 Å². The number of thiocarbonyl (C=S) groups is 1. The average Bonchev–Trinajstić information content (AvgIpc) is 2.91. The number of nitrogens with one attached hydrogen (secondary N) is 1. The number of ether oxygens (including phenoxy) is 1. The number of aromatic hydroxyl groups is 1. The van der Waals surface area contributed by atoms with E-state index in [2.05, 4.69) is 5.43 Å². The van der Waals surface area contributed by atoms with Gasteiger partial charge in [-0.05, 0) is 55.0 Å². The molecule has 0 aliphatic carbocycles. The van der Waals surface area contributed by atoms with Crippen molar-refractivity contribution < 1.29 is 19.4 Å². The topological polar surface area (TPSA) is 78.9 Å². The second-order valence-electron chi connectivity index (χ2n) is 5.48. The van der Waals surface area contributed by atoms with E-state index in [9.17, 15) is 14.7 Å². The number of hydrogen-bond donors (Lipinski definition) is 2. The lowest BCUT2D eigenvalue weighted by Gasteiger charge is -2.16. The number of hydrogen-bond acceptors (Lipinski definition) is 6. The summed E-state index contributed by atoms with van der Waals surface area (Å²) < 4.78 is 5.60. The van der Waals surface area contributed by atoms with Gasteiger partial charge in [-0.15, -0.1) is 0 Å². The van der Waals surface area contributed by atoms with Crippen molar-refractivity contribution >= 4 is 46.2 Å². The van der Waals surface area contributed by atoms with Gasteiger partial charge in [-0.25, -0.2) is 0 Å². The highest BCUT2D eigenvalue weighted by molar-refractivity contribution is 8.26. The van der Waals surface area contributed by atoms with Crippen molar-refractivity contribution in [2.45, 2.75) is 6.92 Å². The van der Waals surface area contributed by atoms with Gasteiger partial charge in [-0.3, -0.25) is 15.0 Å². The van der Waals surface area contributed by atoms with Gasteiger partial charge in [-0.2, -0.15) is 5.01 Å². The van der Waals surface area contributed by atoms with Gasteiger partial charge in [0.2, 0.25) is 0 Å². The standard InChI is InChI=1S/C19H16N2O4S2/c1-2-25-13-9-7-12(8-10-13)11-16-18(24)21(19(26)27-16)20-17(23)14-5-3-4-6-15(14)22/h3-11,22H,2H2,1H3,(H,20,23)/b16-11-. The predicted octanol–water partition coefficient (Wildman–Crippen LogP) is 3.34. The van der Waals surface area contributed by atoms with E-state index in [4.69, 9.17) is 17.0 Å². The maximum absolute atomic E-state index is 12.6. The Morgan fingerprint density at radius 3 is 2.63 bits per heavy atom. The molecule has 0 aromatic heterocycles. The Labute approximate surface area is 165 Å². The normalized spacial score (nSPS) is 15.3. The maximum atomic E-state index is 12.6. The molecule has 0 radical (unpaired) electrons. The smallest absolute Gasteiger partial charge is 0.285 e. The fraction of sp³-hybridized carbons (Fsp3) is 0.105. The van der Waals surface area contributed by atoms with E-state index in [1.54, 1.807) is 18.2 Å². The van der Waals surface area contributed by atoms with E-state index in [0.29, 0.717) is 11.5 Å². The zero-order chi connectivity index (χ0) is 19.4. The number of hydrazine groups is 1. The summed E-state index contributed by atoms with van der Waals surface area (Å²) >= 11 is 6.29. The molecule has 2 N–H and O–H groups in total. The summed E-state index contributed by atoms with van der Waals surface area (Å²) in [6.07, 6.45) is 1.70. The number of carbonyl (C=O) groups is 2. The van der Waals surface area contributed by atoms with Crippen LogP contribution in [0.15, 0.2) is 53.4 Å². The molecule has 138 valence electrons. The van der Waals surface area contributed by atoms with Crippen molar-refractivity contribution in [2.24, 2.45) is 0 Å². The molecular weight excluding hydrogens is 384 g/mol. The molecule has 2 aromatic carbocycles. The molecule has 0 spiro atoms. The van der Waals surface area contributed by atoms with Gasteiger partial charge in [0.05, 0.1) is 17.1 Å². The lowest BCUT2D eigenvalue weighted by atomic mass is 10.2. The minimum atomic E-state index is -0.619. The molecule has 0 atom stereocenters. The molecule has 2 amide bonds. The Morgan fingerprint density at radius 1 is 1.26 bits per heavy atom. The third-order valence-electron chi connectivity index (χ3n) is 3.64. The van der Waals surface area contributed by atoms with E-state index in [1.807, 2.05) is 31.2 Å². The van der Waals surface area contributed by atoms with Gasteiger partial charge in [0.15, 0.2) is 4.32 Å². The Hall–Kier alpha value is -2.84. The second kappa shape index (κ2) is 8.24. The highest BCUT2D eigenvalue weighted by Crippen LogP contribution is 2.32. The van der Waals surface area contributed by atoms with Crippen LogP contribution in [-0.2, 0) is 4.79 Å². The molecule has 0 unspecified atom stereocenters. The first-order valence-corrected chi connectivity index (χ1v) is 9.32. The fourth-order valence-corrected chi connectivity index (χ4v) is 3.55. The number of thioether (sulfide) groups is 1. The molecule has 0 saturated carbocycles. The number of benzene rings is 2. The molecule has 6 nitrogen and oxygen atoms in total. The number of rotatable bonds is 5. The second-order valence-corrected chi connectivity index (χ2v) is 7.15. The third kappa shape index (κ3) is 4.29. The van der Waals surface area contributed by atoms with Crippen LogP contribution in [0.1, 0.15) is 22.8 Å². The molecule has 8 heteroatoms. The monoisotopic (exact) mass is 400 g/mol. The summed E-state index contributed by atoms with van der Waals surface area (Å²) in [5.74, 6) is -0.475. The number of phenols is 1. The first-order valence-electron chi connectivity index (χ1n) is 8.09. The lowest BCUT2D eigenvalue weighted by Crippen LogP contribution is -2.44. The van der Waals surface area contributed by atoms with Crippen LogP contribution < -0.4 is 10.2 Å². The SMILES string of the molecule is CCOc1ccc(/C=C2\SC(=S)N(NC(=O)c3ccccc3O)C2=O)cc1. The summed E-state index contributed by atoms with van der Waals surface area (Å²) in [7, 11) is 0. The van der Waals surface area contributed by atoms with Crippen LogP contribution in [0.4, 0.5) is 0 Å². The van der Waals surface area contributed by atoms with Crippen molar-refractivity contribution in [1.29, 1.82) is 0 Å². The van der Waals surface area contributed by atoms with E-state index in [-0.39, 0.29) is 15.6 Å². The minimum absolute atomic E-state index is 0.0574. The summed E-state index contributed by atoms with van der Waals surface area (Å²) in [6, 6.07) is 13.4. The molecule has 3 rings (SSSR count). The molecule has 1 heterocycles.